The van der Waals surface area contributed by atoms with Crippen molar-refractivity contribution in [1.29, 1.82) is 0 Å². The lowest BCUT2D eigenvalue weighted by atomic mass is 10.2. The third kappa shape index (κ3) is 3.75. The predicted molar refractivity (Wildman–Crippen MR) is 89.3 cm³/mol. The zero-order valence-corrected chi connectivity index (χ0v) is 13.4. The molecule has 0 atom stereocenters. The third-order valence-electron chi connectivity index (χ3n) is 3.15. The molecule has 3 aromatic rings. The van der Waals surface area contributed by atoms with E-state index in [1.807, 2.05) is 13.8 Å². The molecule has 1 N–H and O–H groups in total. The van der Waals surface area contributed by atoms with Gasteiger partial charge in [-0.15, -0.1) is 0 Å². The van der Waals surface area contributed by atoms with Gasteiger partial charge in [0.05, 0.1) is 6.10 Å². The Hall–Kier alpha value is -3.22. The summed E-state index contributed by atoms with van der Waals surface area (Å²) in [5.74, 6) is 1.52. The molecule has 0 fully saturated rings. The lowest BCUT2D eigenvalue weighted by Gasteiger charge is -2.10. The number of benzene rings is 1. The highest BCUT2D eigenvalue weighted by Gasteiger charge is 2.09. The summed E-state index contributed by atoms with van der Waals surface area (Å²) in [5, 5.41) is 2.76. The Morgan fingerprint density at radius 3 is 2.67 bits per heavy atom. The second-order valence-electron chi connectivity index (χ2n) is 5.38. The molecule has 2 heterocycles. The molecule has 1 amide bonds. The maximum Gasteiger partial charge on any atom is 0.256 e. The molecular weight excluding hydrogens is 306 g/mol. The number of anilines is 1. The number of hydrogen-bond acceptors (Lipinski definition) is 5. The van der Waals surface area contributed by atoms with Crippen LogP contribution in [0.4, 0.5) is 5.82 Å². The summed E-state index contributed by atoms with van der Waals surface area (Å²) in [7, 11) is 0. The molecule has 0 saturated heterocycles. The fourth-order valence-electron chi connectivity index (χ4n) is 2.10. The number of carbonyl (C=O) groups excluding carboxylic acids is 1. The summed E-state index contributed by atoms with van der Waals surface area (Å²) in [6.07, 6.45) is 6.53. The zero-order chi connectivity index (χ0) is 16.9. The number of rotatable bonds is 5. The highest BCUT2D eigenvalue weighted by Crippen LogP contribution is 2.15. The third-order valence-corrected chi connectivity index (χ3v) is 3.15. The van der Waals surface area contributed by atoms with Crippen LogP contribution in [0.3, 0.4) is 0 Å². The Morgan fingerprint density at radius 1 is 1.21 bits per heavy atom. The molecule has 1 aromatic carbocycles. The molecule has 0 bridgehead atoms. The van der Waals surface area contributed by atoms with E-state index in [0.717, 1.165) is 5.75 Å². The Kier molecular flexibility index (Phi) is 4.51. The van der Waals surface area contributed by atoms with Crippen LogP contribution in [-0.4, -0.2) is 31.5 Å². The largest absolute Gasteiger partial charge is 0.491 e. The van der Waals surface area contributed by atoms with Gasteiger partial charge in [0.25, 0.3) is 5.91 Å². The van der Waals surface area contributed by atoms with Gasteiger partial charge in [0.2, 0.25) is 0 Å². The average Bonchev–Trinajstić information content (AvgIpc) is 3.10. The molecule has 0 spiro atoms. The standard InChI is InChI=1S/C17H17N5O2/c1-12(2)24-14-5-3-13(4-6-14)17(23)21-15-9-16(20-10-19-15)22-8-7-18-11-22/h3-12H,1-2H3,(H,19,20,21,23). The first-order valence-electron chi connectivity index (χ1n) is 7.50. The minimum Gasteiger partial charge on any atom is -0.491 e. The SMILES string of the molecule is CC(C)Oc1ccc(C(=O)Nc2cc(-n3ccnc3)ncn2)cc1. The Labute approximate surface area is 139 Å². The maximum absolute atomic E-state index is 12.3. The van der Waals surface area contributed by atoms with Gasteiger partial charge in [-0.25, -0.2) is 15.0 Å². The first-order chi connectivity index (χ1) is 11.6. The summed E-state index contributed by atoms with van der Waals surface area (Å²) in [6.45, 7) is 3.90. The molecular formula is C17H17N5O2. The molecule has 0 unspecified atom stereocenters. The molecule has 7 nitrogen and oxygen atoms in total. The van der Waals surface area contributed by atoms with Crippen LogP contribution in [0, 0.1) is 0 Å². The summed E-state index contributed by atoms with van der Waals surface area (Å²) in [5.41, 5.74) is 0.522. The highest BCUT2D eigenvalue weighted by atomic mass is 16.5. The smallest absolute Gasteiger partial charge is 0.256 e. The monoisotopic (exact) mass is 323 g/mol. The van der Waals surface area contributed by atoms with Crippen molar-refractivity contribution >= 4 is 11.7 Å². The normalized spacial score (nSPS) is 10.6. The molecule has 0 aliphatic carbocycles. The van der Waals surface area contributed by atoms with Crippen LogP contribution in [0.15, 0.2) is 55.4 Å². The van der Waals surface area contributed by atoms with Crippen LogP contribution in [0.2, 0.25) is 0 Å². The second kappa shape index (κ2) is 6.91. The molecule has 24 heavy (non-hydrogen) atoms. The van der Waals surface area contributed by atoms with Gasteiger partial charge in [-0.3, -0.25) is 9.36 Å². The summed E-state index contributed by atoms with van der Waals surface area (Å²) in [4.78, 5) is 24.5. The van der Waals surface area contributed by atoms with E-state index in [9.17, 15) is 4.79 Å². The number of nitrogens with zero attached hydrogens (tertiary/aromatic N) is 4. The number of hydrogen-bond donors (Lipinski definition) is 1. The number of ether oxygens (including phenoxy) is 1. The van der Waals surface area contributed by atoms with Crippen molar-refractivity contribution in [3.05, 3.63) is 60.9 Å². The van der Waals surface area contributed by atoms with Crippen LogP contribution in [0.25, 0.3) is 5.82 Å². The fourth-order valence-corrected chi connectivity index (χ4v) is 2.10. The van der Waals surface area contributed by atoms with Gasteiger partial charge in [-0.1, -0.05) is 0 Å². The molecule has 3 rings (SSSR count). The van der Waals surface area contributed by atoms with E-state index in [0.29, 0.717) is 17.2 Å². The Morgan fingerprint density at radius 2 is 2.00 bits per heavy atom. The van der Waals surface area contributed by atoms with Crippen molar-refractivity contribution in [2.45, 2.75) is 20.0 Å². The van der Waals surface area contributed by atoms with Crippen molar-refractivity contribution in [1.82, 2.24) is 19.5 Å². The van der Waals surface area contributed by atoms with Gasteiger partial charge < -0.3 is 10.1 Å². The number of nitrogens with one attached hydrogen (secondary N) is 1. The molecule has 0 saturated carbocycles. The summed E-state index contributed by atoms with van der Waals surface area (Å²) in [6, 6.07) is 8.64. The molecule has 122 valence electrons. The van der Waals surface area contributed by atoms with E-state index < -0.39 is 0 Å². The molecule has 0 radical (unpaired) electrons. The quantitative estimate of drug-likeness (QED) is 0.780. The molecule has 2 aromatic heterocycles. The van der Waals surface area contributed by atoms with Gasteiger partial charge in [-0.2, -0.15) is 0 Å². The highest BCUT2D eigenvalue weighted by molar-refractivity contribution is 6.03. The number of carbonyl (C=O) groups is 1. The van der Waals surface area contributed by atoms with Gasteiger partial charge >= 0.3 is 0 Å². The first-order valence-corrected chi connectivity index (χ1v) is 7.50. The predicted octanol–water partition coefficient (Wildman–Crippen LogP) is 2.70. The topological polar surface area (TPSA) is 81.9 Å². The minimum atomic E-state index is -0.249. The van der Waals surface area contributed by atoms with Gasteiger partial charge in [-0.05, 0) is 38.1 Å². The number of amides is 1. The van der Waals surface area contributed by atoms with Crippen LogP contribution in [0.5, 0.6) is 5.75 Å². The summed E-state index contributed by atoms with van der Waals surface area (Å²) >= 11 is 0. The van der Waals surface area contributed by atoms with Crippen LogP contribution < -0.4 is 10.1 Å². The second-order valence-corrected chi connectivity index (χ2v) is 5.38. The van der Waals surface area contributed by atoms with Crippen LogP contribution in [-0.2, 0) is 0 Å². The van der Waals surface area contributed by atoms with Crippen molar-refractivity contribution in [3.63, 3.8) is 0 Å². The minimum absolute atomic E-state index is 0.0901. The van der Waals surface area contributed by atoms with E-state index >= 15 is 0 Å². The fraction of sp³-hybridized carbons (Fsp3) is 0.176. The lowest BCUT2D eigenvalue weighted by molar-refractivity contribution is 0.102. The first kappa shape index (κ1) is 15.7. The molecule has 0 aliphatic rings. The van der Waals surface area contributed by atoms with E-state index in [1.165, 1.54) is 6.33 Å². The van der Waals surface area contributed by atoms with E-state index in [1.54, 1.807) is 53.6 Å². The van der Waals surface area contributed by atoms with Crippen LogP contribution in [0.1, 0.15) is 24.2 Å². The average molecular weight is 323 g/mol. The molecule has 0 aliphatic heterocycles. The zero-order valence-electron chi connectivity index (χ0n) is 13.4. The maximum atomic E-state index is 12.3. The Balaban J connectivity index is 1.72. The van der Waals surface area contributed by atoms with Gasteiger partial charge in [0.15, 0.2) is 0 Å². The van der Waals surface area contributed by atoms with E-state index in [4.69, 9.17) is 4.74 Å². The molecule has 7 heteroatoms. The van der Waals surface area contributed by atoms with E-state index in [-0.39, 0.29) is 12.0 Å². The number of aromatic nitrogens is 4. The van der Waals surface area contributed by atoms with Gasteiger partial charge in [0.1, 0.15) is 30.0 Å². The summed E-state index contributed by atoms with van der Waals surface area (Å²) < 4.78 is 7.29. The Bertz CT molecular complexity index is 813. The van der Waals surface area contributed by atoms with E-state index in [2.05, 4.69) is 20.3 Å². The van der Waals surface area contributed by atoms with Crippen molar-refractivity contribution in [3.8, 4) is 11.6 Å². The van der Waals surface area contributed by atoms with Crippen molar-refractivity contribution in [2.24, 2.45) is 0 Å². The van der Waals surface area contributed by atoms with Crippen molar-refractivity contribution in [2.75, 3.05) is 5.32 Å². The van der Waals surface area contributed by atoms with Crippen LogP contribution >= 0.6 is 0 Å². The lowest BCUT2D eigenvalue weighted by Crippen LogP contribution is -2.13. The van der Waals surface area contributed by atoms with Gasteiger partial charge in [0, 0.05) is 24.0 Å². The van der Waals surface area contributed by atoms with Crippen molar-refractivity contribution < 1.29 is 9.53 Å². The number of imidazole rings is 1.